The van der Waals surface area contributed by atoms with E-state index in [-0.39, 0.29) is 0 Å². The van der Waals surface area contributed by atoms with Crippen molar-refractivity contribution in [3.05, 3.63) is 29.8 Å². The number of carbonyl (C=O) groups is 1. The van der Waals surface area contributed by atoms with E-state index in [1.54, 1.807) is 0 Å². The molecule has 21 heavy (non-hydrogen) atoms. The van der Waals surface area contributed by atoms with E-state index in [2.05, 4.69) is 17.0 Å². The Morgan fingerprint density at radius 1 is 1.24 bits per heavy atom. The Labute approximate surface area is 126 Å². The van der Waals surface area contributed by atoms with Gasteiger partial charge in [0.1, 0.15) is 5.60 Å². The van der Waals surface area contributed by atoms with Gasteiger partial charge < -0.3 is 9.64 Å². The summed E-state index contributed by atoms with van der Waals surface area (Å²) < 4.78 is 5.23. The van der Waals surface area contributed by atoms with Crippen LogP contribution in [0.25, 0.3) is 0 Å². The number of hydrogen-bond acceptors (Lipinski definition) is 4. The maximum atomic E-state index is 11.8. The number of anilines is 1. The molecule has 1 amide bonds. The zero-order valence-corrected chi connectivity index (χ0v) is 13.1. The fourth-order valence-electron chi connectivity index (χ4n) is 2.37. The monoisotopic (exact) mass is 291 g/mol. The number of hydrazine groups is 1. The molecule has 0 spiro atoms. The van der Waals surface area contributed by atoms with E-state index in [1.807, 2.05) is 32.9 Å². The summed E-state index contributed by atoms with van der Waals surface area (Å²) in [6.07, 6.45) is 2.01. The Morgan fingerprint density at radius 2 is 1.81 bits per heavy atom. The number of nitrogens with zero attached hydrogens (tertiary/aromatic N) is 2. The Bertz CT molecular complexity index is 473. The number of nitrogens with two attached hydrogens (primary N) is 1. The Morgan fingerprint density at radius 3 is 2.33 bits per heavy atom. The third kappa shape index (κ3) is 4.63. The molecule has 1 heterocycles. The number of carbonyl (C=O) groups excluding carboxylic acids is 1. The van der Waals surface area contributed by atoms with E-state index >= 15 is 0 Å². The molecule has 1 saturated heterocycles. The van der Waals surface area contributed by atoms with Crippen LogP contribution in [0, 0.1) is 0 Å². The van der Waals surface area contributed by atoms with E-state index in [4.69, 9.17) is 10.6 Å². The zero-order valence-electron chi connectivity index (χ0n) is 13.1. The molecular formula is C16H25N3O2. The first-order chi connectivity index (χ1) is 9.85. The van der Waals surface area contributed by atoms with Crippen molar-refractivity contribution in [3.63, 3.8) is 0 Å². The highest BCUT2D eigenvalue weighted by atomic mass is 16.6. The standard InChI is InChI=1S/C16H25N3O2/c1-16(2,3)21-15(20)19(17)12-13-6-8-14(9-7-13)18-10-4-5-11-18/h6-9H,4-5,10-12,17H2,1-3H3. The second-order valence-electron chi connectivity index (χ2n) is 6.47. The van der Waals surface area contributed by atoms with Crippen LogP contribution in [-0.2, 0) is 11.3 Å². The van der Waals surface area contributed by atoms with Crippen molar-refractivity contribution >= 4 is 11.8 Å². The average molecular weight is 291 g/mol. The molecule has 1 aromatic rings. The van der Waals surface area contributed by atoms with Gasteiger partial charge in [0, 0.05) is 18.8 Å². The minimum atomic E-state index is -0.533. The predicted octanol–water partition coefficient (Wildman–Crippen LogP) is 2.90. The van der Waals surface area contributed by atoms with Crippen molar-refractivity contribution in [1.29, 1.82) is 0 Å². The van der Waals surface area contributed by atoms with E-state index in [9.17, 15) is 4.79 Å². The van der Waals surface area contributed by atoms with Gasteiger partial charge in [-0.15, -0.1) is 0 Å². The molecule has 0 radical (unpaired) electrons. The van der Waals surface area contributed by atoms with Crippen molar-refractivity contribution in [2.75, 3.05) is 18.0 Å². The zero-order chi connectivity index (χ0) is 15.5. The van der Waals surface area contributed by atoms with Crippen LogP contribution in [0.1, 0.15) is 39.2 Å². The highest BCUT2D eigenvalue weighted by Gasteiger charge is 2.20. The number of ether oxygens (including phenoxy) is 1. The van der Waals surface area contributed by atoms with Gasteiger partial charge in [-0.1, -0.05) is 12.1 Å². The molecule has 5 heteroatoms. The van der Waals surface area contributed by atoms with Crippen LogP contribution in [0.15, 0.2) is 24.3 Å². The van der Waals surface area contributed by atoms with Gasteiger partial charge >= 0.3 is 6.09 Å². The molecule has 0 saturated carbocycles. The summed E-state index contributed by atoms with van der Waals surface area (Å²) in [4.78, 5) is 14.2. The summed E-state index contributed by atoms with van der Waals surface area (Å²) in [7, 11) is 0. The lowest BCUT2D eigenvalue weighted by atomic mass is 10.2. The van der Waals surface area contributed by atoms with Gasteiger partial charge in [-0.2, -0.15) is 0 Å². The molecule has 2 N–H and O–H groups in total. The summed E-state index contributed by atoms with van der Waals surface area (Å²) in [6.45, 7) is 8.06. The SMILES string of the molecule is CC(C)(C)OC(=O)N(N)Cc1ccc(N2CCCC2)cc1. The van der Waals surface area contributed by atoms with Gasteiger partial charge in [-0.25, -0.2) is 15.6 Å². The first-order valence-corrected chi connectivity index (χ1v) is 7.44. The molecule has 0 aliphatic carbocycles. The number of amides is 1. The van der Waals surface area contributed by atoms with Gasteiger partial charge in [0.15, 0.2) is 0 Å². The van der Waals surface area contributed by atoms with Crippen LogP contribution in [0.4, 0.5) is 10.5 Å². The molecule has 5 nitrogen and oxygen atoms in total. The first-order valence-electron chi connectivity index (χ1n) is 7.44. The maximum Gasteiger partial charge on any atom is 0.424 e. The Balaban J connectivity index is 1.91. The van der Waals surface area contributed by atoms with E-state index in [0.717, 1.165) is 23.7 Å². The van der Waals surface area contributed by atoms with Crippen LogP contribution in [-0.4, -0.2) is 29.8 Å². The van der Waals surface area contributed by atoms with Crippen LogP contribution >= 0.6 is 0 Å². The van der Waals surface area contributed by atoms with Crippen molar-refractivity contribution in [2.24, 2.45) is 5.84 Å². The maximum absolute atomic E-state index is 11.8. The van der Waals surface area contributed by atoms with Crippen LogP contribution < -0.4 is 10.7 Å². The van der Waals surface area contributed by atoms with Crippen LogP contribution in [0.3, 0.4) is 0 Å². The second kappa shape index (κ2) is 6.35. The minimum absolute atomic E-state index is 0.342. The third-order valence-electron chi connectivity index (χ3n) is 3.39. The van der Waals surface area contributed by atoms with Crippen molar-refractivity contribution in [3.8, 4) is 0 Å². The first kappa shape index (κ1) is 15.6. The fraction of sp³-hybridized carbons (Fsp3) is 0.562. The average Bonchev–Trinajstić information content (AvgIpc) is 2.91. The lowest BCUT2D eigenvalue weighted by Crippen LogP contribution is -2.40. The molecular weight excluding hydrogens is 266 g/mol. The molecule has 0 atom stereocenters. The molecule has 0 unspecified atom stereocenters. The van der Waals surface area contributed by atoms with Crippen LogP contribution in [0.2, 0.25) is 0 Å². The minimum Gasteiger partial charge on any atom is -0.443 e. The molecule has 1 aliphatic heterocycles. The van der Waals surface area contributed by atoms with Gasteiger partial charge in [0.05, 0.1) is 6.54 Å². The van der Waals surface area contributed by atoms with Crippen molar-refractivity contribution in [2.45, 2.75) is 45.8 Å². The predicted molar refractivity (Wildman–Crippen MR) is 83.9 cm³/mol. The summed E-state index contributed by atoms with van der Waals surface area (Å²) in [5.41, 5.74) is 1.69. The Kier molecular flexibility index (Phi) is 4.73. The smallest absolute Gasteiger partial charge is 0.424 e. The Hall–Kier alpha value is -1.75. The van der Waals surface area contributed by atoms with Crippen molar-refractivity contribution in [1.82, 2.24) is 5.01 Å². The number of rotatable bonds is 3. The lowest BCUT2D eigenvalue weighted by molar-refractivity contribution is 0.0231. The van der Waals surface area contributed by atoms with E-state index < -0.39 is 11.7 Å². The summed E-state index contributed by atoms with van der Waals surface area (Å²) in [5.74, 6) is 5.76. The van der Waals surface area contributed by atoms with E-state index in [1.165, 1.54) is 18.5 Å². The highest BCUT2D eigenvalue weighted by Crippen LogP contribution is 2.20. The molecule has 0 aromatic heterocycles. The molecule has 1 fully saturated rings. The summed E-state index contributed by atoms with van der Waals surface area (Å²) in [5, 5.41) is 1.11. The van der Waals surface area contributed by atoms with Crippen molar-refractivity contribution < 1.29 is 9.53 Å². The van der Waals surface area contributed by atoms with Gasteiger partial charge in [0.25, 0.3) is 0 Å². The lowest BCUT2D eigenvalue weighted by Gasteiger charge is -2.24. The fourth-order valence-corrected chi connectivity index (χ4v) is 2.37. The van der Waals surface area contributed by atoms with Gasteiger partial charge in [-0.05, 0) is 51.3 Å². The quantitative estimate of drug-likeness (QED) is 0.528. The molecule has 1 aromatic carbocycles. The number of benzene rings is 1. The molecule has 0 bridgehead atoms. The number of hydrogen-bond donors (Lipinski definition) is 1. The van der Waals surface area contributed by atoms with Crippen LogP contribution in [0.5, 0.6) is 0 Å². The molecule has 2 rings (SSSR count). The topological polar surface area (TPSA) is 58.8 Å². The third-order valence-corrected chi connectivity index (χ3v) is 3.39. The van der Waals surface area contributed by atoms with Gasteiger partial charge in [-0.3, -0.25) is 0 Å². The summed E-state index contributed by atoms with van der Waals surface area (Å²) in [6, 6.07) is 8.20. The molecule has 116 valence electrons. The molecule has 1 aliphatic rings. The highest BCUT2D eigenvalue weighted by molar-refractivity contribution is 5.67. The van der Waals surface area contributed by atoms with Gasteiger partial charge in [0.2, 0.25) is 0 Å². The summed E-state index contributed by atoms with van der Waals surface area (Å²) >= 11 is 0. The van der Waals surface area contributed by atoms with E-state index in [0.29, 0.717) is 6.54 Å². The second-order valence-corrected chi connectivity index (χ2v) is 6.47. The normalized spacial score (nSPS) is 15.1. The largest absolute Gasteiger partial charge is 0.443 e.